The van der Waals surface area contributed by atoms with Gasteiger partial charge in [0.05, 0.1) is 12.8 Å². The molecule has 1 aliphatic carbocycles. The first-order valence-corrected chi connectivity index (χ1v) is 10.8. The number of ether oxygens (including phenoxy) is 2. The number of carbonyl (C=O) groups excluding carboxylic acids is 1. The summed E-state index contributed by atoms with van der Waals surface area (Å²) in [6.07, 6.45) is 0.796. The quantitative estimate of drug-likeness (QED) is 0.647. The predicted molar refractivity (Wildman–Crippen MR) is 113 cm³/mol. The molecule has 1 N–H and O–H groups in total. The molecule has 172 valence electrons. The lowest BCUT2D eigenvalue weighted by Crippen LogP contribution is -2.48. The number of benzene rings is 1. The minimum atomic E-state index is -4.48. The molecular weight excluding hydrogens is 423 g/mol. The number of carbonyl (C=O) groups is 1. The fourth-order valence-electron chi connectivity index (χ4n) is 3.69. The molecule has 2 fully saturated rings. The Morgan fingerprint density at radius 3 is 2.72 bits per heavy atom. The number of amides is 1. The largest absolute Gasteiger partial charge is 0.456 e. The second-order valence-electron chi connectivity index (χ2n) is 8.29. The van der Waals surface area contributed by atoms with Gasteiger partial charge in [0, 0.05) is 30.9 Å². The Balaban J connectivity index is 1.32. The average Bonchev–Trinajstić information content (AvgIpc) is 3.58. The van der Waals surface area contributed by atoms with Crippen molar-refractivity contribution in [3.8, 4) is 11.5 Å². The lowest BCUT2D eigenvalue weighted by atomic mass is 10.0. The highest BCUT2D eigenvalue weighted by atomic mass is 19.4. The fourth-order valence-corrected chi connectivity index (χ4v) is 3.69. The summed E-state index contributed by atoms with van der Waals surface area (Å²) >= 11 is 0. The highest BCUT2D eigenvalue weighted by Crippen LogP contribution is 2.31. The van der Waals surface area contributed by atoms with E-state index in [4.69, 9.17) is 9.47 Å². The van der Waals surface area contributed by atoms with Crippen LogP contribution in [0, 0.1) is 5.92 Å². The third-order valence-corrected chi connectivity index (χ3v) is 5.52. The number of pyridine rings is 1. The molecular formula is C23H26F3N3O3. The van der Waals surface area contributed by atoms with Crippen LogP contribution in [0.25, 0.3) is 0 Å². The van der Waals surface area contributed by atoms with Crippen LogP contribution in [0.2, 0.25) is 0 Å². The molecule has 2 aromatic rings. The molecule has 0 bridgehead atoms. The van der Waals surface area contributed by atoms with E-state index in [1.165, 1.54) is 18.9 Å². The molecule has 1 saturated carbocycles. The molecule has 2 heterocycles. The summed E-state index contributed by atoms with van der Waals surface area (Å²) in [7, 11) is 0. The van der Waals surface area contributed by atoms with Gasteiger partial charge in [0.15, 0.2) is 0 Å². The van der Waals surface area contributed by atoms with E-state index in [-0.39, 0.29) is 24.3 Å². The minimum Gasteiger partial charge on any atom is -0.456 e. The molecule has 0 spiro atoms. The first-order chi connectivity index (χ1) is 15.4. The van der Waals surface area contributed by atoms with Gasteiger partial charge in [-0.25, -0.2) is 4.98 Å². The third kappa shape index (κ3) is 6.35. The number of piperidine rings is 1. The zero-order chi connectivity index (χ0) is 22.6. The number of hydrogen-bond donors (Lipinski definition) is 1. The normalized spacial score (nSPS) is 19.0. The van der Waals surface area contributed by atoms with Gasteiger partial charge < -0.3 is 19.7 Å². The first kappa shape index (κ1) is 22.4. The van der Waals surface area contributed by atoms with E-state index in [2.05, 4.69) is 15.2 Å². The van der Waals surface area contributed by atoms with Crippen LogP contribution in [-0.2, 0) is 15.7 Å². The second-order valence-corrected chi connectivity index (χ2v) is 8.29. The van der Waals surface area contributed by atoms with E-state index < -0.39 is 11.9 Å². The Kier molecular flexibility index (Phi) is 6.83. The molecule has 9 heteroatoms. The number of nitrogens with zero attached hydrogens (tertiary/aromatic N) is 2. The van der Waals surface area contributed by atoms with Gasteiger partial charge >= 0.3 is 6.18 Å². The van der Waals surface area contributed by atoms with E-state index in [0.717, 1.165) is 37.3 Å². The molecule has 1 atom stereocenters. The summed E-state index contributed by atoms with van der Waals surface area (Å²) in [5.74, 6) is 1.26. The van der Waals surface area contributed by atoms with Crippen molar-refractivity contribution in [2.24, 2.45) is 5.92 Å². The van der Waals surface area contributed by atoms with E-state index in [1.807, 2.05) is 18.2 Å². The van der Waals surface area contributed by atoms with Crippen molar-refractivity contribution >= 4 is 11.6 Å². The summed E-state index contributed by atoms with van der Waals surface area (Å²) in [6, 6.07) is 9.52. The Hall–Kier alpha value is -2.81. The molecule has 1 aromatic heterocycles. The smallest absolute Gasteiger partial charge is 0.433 e. The van der Waals surface area contributed by atoms with E-state index in [9.17, 15) is 18.0 Å². The minimum absolute atomic E-state index is 0.0319. The highest BCUT2D eigenvalue weighted by Gasteiger charge is 2.32. The molecule has 1 aliphatic heterocycles. The summed E-state index contributed by atoms with van der Waals surface area (Å²) in [6.45, 7) is 2.26. The van der Waals surface area contributed by atoms with Gasteiger partial charge in [0.2, 0.25) is 5.91 Å². The van der Waals surface area contributed by atoms with E-state index >= 15 is 0 Å². The van der Waals surface area contributed by atoms with Crippen molar-refractivity contribution in [1.29, 1.82) is 0 Å². The maximum atomic E-state index is 12.7. The van der Waals surface area contributed by atoms with Crippen molar-refractivity contribution in [3.05, 3.63) is 48.3 Å². The monoisotopic (exact) mass is 449 g/mol. The zero-order valence-electron chi connectivity index (χ0n) is 17.6. The molecule has 0 unspecified atom stereocenters. The summed E-state index contributed by atoms with van der Waals surface area (Å²) in [5.41, 5.74) is -0.0377. The summed E-state index contributed by atoms with van der Waals surface area (Å²) in [4.78, 5) is 17.7. The molecule has 32 heavy (non-hydrogen) atoms. The van der Waals surface area contributed by atoms with Crippen molar-refractivity contribution in [2.45, 2.75) is 37.9 Å². The van der Waals surface area contributed by atoms with Crippen LogP contribution in [0.3, 0.4) is 0 Å². The first-order valence-electron chi connectivity index (χ1n) is 10.8. The summed E-state index contributed by atoms with van der Waals surface area (Å²) < 4.78 is 49.2. The topological polar surface area (TPSA) is 63.7 Å². The van der Waals surface area contributed by atoms with Crippen LogP contribution in [0.1, 0.15) is 31.4 Å². The molecule has 6 nitrogen and oxygen atoms in total. The van der Waals surface area contributed by atoms with Gasteiger partial charge in [-0.2, -0.15) is 13.2 Å². The standard InChI is InChI=1S/C23H26F3N3O3/c24-23(25,26)21-9-8-20(12-27-21)32-19-5-1-4-18(11-19)29-10-2-3-17(13-29)28-22(30)15-31-14-16-6-7-16/h1,4-5,8-9,11-12,16-17H,2-3,6-7,10,13-15H2,(H,28,30)/t17-/m0/s1. The van der Waals surface area contributed by atoms with Crippen LogP contribution in [-0.4, -0.2) is 43.2 Å². The third-order valence-electron chi connectivity index (χ3n) is 5.52. The average molecular weight is 449 g/mol. The Morgan fingerprint density at radius 1 is 1.16 bits per heavy atom. The SMILES string of the molecule is O=C(COCC1CC1)N[C@H]1CCCN(c2cccc(Oc3ccc(C(F)(F)F)nc3)c2)C1. The lowest BCUT2D eigenvalue weighted by Gasteiger charge is -2.35. The van der Waals surface area contributed by atoms with Gasteiger partial charge in [0.25, 0.3) is 0 Å². The van der Waals surface area contributed by atoms with Crippen molar-refractivity contribution in [1.82, 2.24) is 10.3 Å². The Bertz CT molecular complexity index is 917. The second kappa shape index (κ2) is 9.77. The zero-order valence-corrected chi connectivity index (χ0v) is 17.6. The van der Waals surface area contributed by atoms with Gasteiger partial charge in [-0.3, -0.25) is 4.79 Å². The molecule has 1 saturated heterocycles. The van der Waals surface area contributed by atoms with Gasteiger partial charge in [-0.1, -0.05) is 6.07 Å². The van der Waals surface area contributed by atoms with Crippen LogP contribution < -0.4 is 15.0 Å². The number of rotatable bonds is 8. The maximum absolute atomic E-state index is 12.7. The molecule has 1 aromatic carbocycles. The number of alkyl halides is 3. The molecule has 0 radical (unpaired) electrons. The number of aromatic nitrogens is 1. The number of anilines is 1. The number of hydrogen-bond acceptors (Lipinski definition) is 5. The van der Waals surface area contributed by atoms with Crippen molar-refractivity contribution in [3.63, 3.8) is 0 Å². The van der Waals surface area contributed by atoms with Crippen LogP contribution in [0.15, 0.2) is 42.6 Å². The Labute approximate surface area is 184 Å². The van der Waals surface area contributed by atoms with Crippen LogP contribution in [0.5, 0.6) is 11.5 Å². The molecule has 1 amide bonds. The highest BCUT2D eigenvalue weighted by molar-refractivity contribution is 5.77. The maximum Gasteiger partial charge on any atom is 0.433 e. The lowest BCUT2D eigenvalue weighted by molar-refractivity contribution is -0.141. The van der Waals surface area contributed by atoms with Crippen molar-refractivity contribution < 1.29 is 27.4 Å². The summed E-state index contributed by atoms with van der Waals surface area (Å²) in [5, 5.41) is 3.05. The predicted octanol–water partition coefficient (Wildman–Crippen LogP) is 4.40. The Morgan fingerprint density at radius 2 is 2.00 bits per heavy atom. The van der Waals surface area contributed by atoms with E-state index in [1.54, 1.807) is 6.07 Å². The fraction of sp³-hybridized carbons (Fsp3) is 0.478. The molecule has 4 rings (SSSR count). The molecule has 2 aliphatic rings. The van der Waals surface area contributed by atoms with Crippen LogP contribution in [0.4, 0.5) is 18.9 Å². The van der Waals surface area contributed by atoms with Gasteiger partial charge in [-0.05, 0) is 55.9 Å². The van der Waals surface area contributed by atoms with Crippen molar-refractivity contribution in [2.75, 3.05) is 31.2 Å². The number of nitrogens with one attached hydrogen (secondary N) is 1. The van der Waals surface area contributed by atoms with E-state index in [0.29, 0.717) is 24.8 Å². The van der Waals surface area contributed by atoms with Gasteiger partial charge in [0.1, 0.15) is 23.8 Å². The van der Waals surface area contributed by atoms with Gasteiger partial charge in [-0.15, -0.1) is 0 Å². The number of halogens is 3. The van der Waals surface area contributed by atoms with Crippen LogP contribution >= 0.6 is 0 Å².